The van der Waals surface area contributed by atoms with Gasteiger partial charge in [0.25, 0.3) is 5.91 Å². The lowest BCUT2D eigenvalue weighted by atomic mass is 10.1. The number of ether oxygens (including phenoxy) is 3. The van der Waals surface area contributed by atoms with E-state index >= 15 is 0 Å². The molecule has 180 valence electrons. The highest BCUT2D eigenvalue weighted by Gasteiger charge is 2.34. The molecule has 3 aromatic rings. The van der Waals surface area contributed by atoms with Gasteiger partial charge < -0.3 is 30.2 Å². The first-order valence-electron chi connectivity index (χ1n) is 9.94. The van der Waals surface area contributed by atoms with Gasteiger partial charge in [-0.2, -0.15) is 13.2 Å². The molecule has 0 saturated heterocycles. The zero-order chi connectivity index (χ0) is 24.9. The van der Waals surface area contributed by atoms with Gasteiger partial charge in [0.2, 0.25) is 5.75 Å². The molecule has 0 unspecified atom stereocenters. The maximum Gasteiger partial charge on any atom is 0.419 e. The third-order valence-corrected chi connectivity index (χ3v) is 4.81. The Labute approximate surface area is 194 Å². The fourth-order valence-corrected chi connectivity index (χ4v) is 3.22. The average Bonchev–Trinajstić information content (AvgIpc) is 2.82. The predicted octanol–water partition coefficient (Wildman–Crippen LogP) is 4.97. The zero-order valence-electron chi connectivity index (χ0n) is 18.8. The summed E-state index contributed by atoms with van der Waals surface area (Å²) in [5.41, 5.74) is -0.437. The van der Waals surface area contributed by atoms with Crippen molar-refractivity contribution >= 4 is 28.8 Å². The van der Waals surface area contributed by atoms with Crippen molar-refractivity contribution in [3.05, 3.63) is 59.8 Å². The van der Waals surface area contributed by atoms with Gasteiger partial charge in [0.15, 0.2) is 11.5 Å². The van der Waals surface area contributed by atoms with E-state index in [4.69, 9.17) is 14.2 Å². The van der Waals surface area contributed by atoms with E-state index in [0.29, 0.717) is 29.1 Å². The van der Waals surface area contributed by atoms with E-state index in [0.717, 1.165) is 0 Å². The second-order valence-electron chi connectivity index (χ2n) is 6.90. The van der Waals surface area contributed by atoms with E-state index in [9.17, 15) is 18.0 Å². The molecule has 0 aliphatic heterocycles. The summed E-state index contributed by atoms with van der Waals surface area (Å²) >= 11 is 0. The van der Waals surface area contributed by atoms with Gasteiger partial charge in [-0.1, -0.05) is 12.1 Å². The number of hydrogen-bond acceptors (Lipinski definition) is 7. The Hall–Kier alpha value is -4.15. The van der Waals surface area contributed by atoms with Crippen molar-refractivity contribution in [3.8, 4) is 17.2 Å². The number of nitrogens with zero attached hydrogens (tertiary/aromatic N) is 1. The number of hydrogen-bond donors (Lipinski definition) is 3. The van der Waals surface area contributed by atoms with Crippen molar-refractivity contribution in [3.63, 3.8) is 0 Å². The molecule has 3 rings (SSSR count). The van der Waals surface area contributed by atoms with Crippen LogP contribution in [-0.2, 0) is 6.18 Å². The first-order chi connectivity index (χ1) is 16.2. The molecule has 8 nitrogen and oxygen atoms in total. The Morgan fingerprint density at radius 3 is 2.12 bits per heavy atom. The van der Waals surface area contributed by atoms with Crippen LogP contribution in [0.5, 0.6) is 17.2 Å². The quantitative estimate of drug-likeness (QED) is 0.423. The molecule has 0 aliphatic rings. The molecule has 0 spiro atoms. The van der Waals surface area contributed by atoms with E-state index in [1.165, 1.54) is 46.6 Å². The summed E-state index contributed by atoms with van der Waals surface area (Å²) in [5.74, 6) is 0.746. The molecule has 11 heteroatoms. The Balaban J connectivity index is 2.03. The van der Waals surface area contributed by atoms with Crippen molar-refractivity contribution in [2.24, 2.45) is 0 Å². The van der Waals surface area contributed by atoms with E-state index in [-0.39, 0.29) is 22.8 Å². The number of carbonyl (C=O) groups excluding carboxylic acids is 1. The molecule has 0 radical (unpaired) electrons. The number of anilines is 4. The van der Waals surface area contributed by atoms with E-state index in [2.05, 4.69) is 20.9 Å². The molecule has 1 amide bonds. The summed E-state index contributed by atoms with van der Waals surface area (Å²) in [6, 6.07) is 10.6. The molecule has 0 saturated carbocycles. The lowest BCUT2D eigenvalue weighted by Gasteiger charge is -2.18. The van der Waals surface area contributed by atoms with Gasteiger partial charge in [-0.05, 0) is 12.1 Å². The summed E-state index contributed by atoms with van der Waals surface area (Å²) in [5, 5.41) is 8.13. The second kappa shape index (κ2) is 10.2. The van der Waals surface area contributed by atoms with E-state index in [1.807, 2.05) is 0 Å². The summed E-state index contributed by atoms with van der Waals surface area (Å²) in [6.07, 6.45) is -3.96. The first kappa shape index (κ1) is 24.5. The van der Waals surface area contributed by atoms with Crippen LogP contribution in [0.3, 0.4) is 0 Å². The minimum absolute atomic E-state index is 0.113. The number of para-hydroxylation sites is 1. The number of amides is 1. The minimum atomic E-state index is -4.68. The molecule has 3 N–H and O–H groups in total. The van der Waals surface area contributed by atoms with E-state index in [1.54, 1.807) is 24.3 Å². The summed E-state index contributed by atoms with van der Waals surface area (Å²) < 4.78 is 57.0. The summed E-state index contributed by atoms with van der Waals surface area (Å²) in [7, 11) is 5.79. The summed E-state index contributed by atoms with van der Waals surface area (Å²) in [4.78, 5) is 16.1. The second-order valence-corrected chi connectivity index (χ2v) is 6.90. The summed E-state index contributed by atoms with van der Waals surface area (Å²) in [6.45, 7) is 0. The molecule has 34 heavy (non-hydrogen) atoms. The standard InChI is InChI=1S/C23H23F3N4O4/c1-27-22(31)14-7-5-6-8-16(14)30-17-11-20(28-12-15(17)23(24,25)26)29-13-9-18(32-2)21(34-4)19(10-13)33-3/h5-12H,1-4H3,(H,27,31)(H2,28,29,30). The smallest absolute Gasteiger partial charge is 0.419 e. The number of methoxy groups -OCH3 is 3. The van der Waals surface area contributed by atoms with Crippen LogP contribution >= 0.6 is 0 Å². The molecular formula is C23H23F3N4O4. The number of aromatic nitrogens is 1. The van der Waals surface area contributed by atoms with Gasteiger partial charge in [0.05, 0.1) is 43.8 Å². The Bertz CT molecular complexity index is 1160. The third-order valence-electron chi connectivity index (χ3n) is 4.81. The number of rotatable bonds is 8. The van der Waals surface area contributed by atoms with Crippen molar-refractivity contribution in [1.82, 2.24) is 10.3 Å². The molecule has 0 aliphatic carbocycles. The molecule has 0 bridgehead atoms. The maximum atomic E-state index is 13.7. The first-order valence-corrected chi connectivity index (χ1v) is 9.94. The van der Waals surface area contributed by atoms with E-state index < -0.39 is 17.6 Å². The minimum Gasteiger partial charge on any atom is -0.493 e. The topological polar surface area (TPSA) is 93.7 Å². The molecule has 1 heterocycles. The van der Waals surface area contributed by atoms with Crippen LogP contribution < -0.4 is 30.2 Å². The number of nitrogens with one attached hydrogen (secondary N) is 3. The number of pyridine rings is 1. The zero-order valence-corrected chi connectivity index (χ0v) is 18.8. The van der Waals surface area contributed by atoms with Crippen molar-refractivity contribution < 1.29 is 32.2 Å². The molecular weight excluding hydrogens is 453 g/mol. The van der Waals surface area contributed by atoms with Gasteiger partial charge in [-0.15, -0.1) is 0 Å². The number of benzene rings is 2. The van der Waals surface area contributed by atoms with Gasteiger partial charge in [-0.3, -0.25) is 4.79 Å². The molecule has 1 aromatic heterocycles. The Kier molecular flexibility index (Phi) is 7.34. The van der Waals surface area contributed by atoms with Crippen molar-refractivity contribution in [2.75, 3.05) is 39.0 Å². The fourth-order valence-electron chi connectivity index (χ4n) is 3.22. The average molecular weight is 476 g/mol. The lowest BCUT2D eigenvalue weighted by molar-refractivity contribution is -0.137. The molecule has 2 aromatic carbocycles. The number of halogens is 3. The van der Waals surface area contributed by atoms with Crippen LogP contribution in [0.4, 0.5) is 36.1 Å². The van der Waals surface area contributed by atoms with Crippen LogP contribution in [0, 0.1) is 0 Å². The Morgan fingerprint density at radius 2 is 1.56 bits per heavy atom. The highest BCUT2D eigenvalue weighted by molar-refractivity contribution is 6.00. The third kappa shape index (κ3) is 5.25. The molecule has 0 atom stereocenters. The van der Waals surface area contributed by atoms with Gasteiger partial charge in [0, 0.05) is 37.1 Å². The fraction of sp³-hybridized carbons (Fsp3) is 0.217. The Morgan fingerprint density at radius 1 is 0.912 bits per heavy atom. The number of alkyl halides is 3. The monoisotopic (exact) mass is 476 g/mol. The molecule has 0 fully saturated rings. The maximum absolute atomic E-state index is 13.7. The normalized spacial score (nSPS) is 10.9. The van der Waals surface area contributed by atoms with Crippen LogP contribution in [0.1, 0.15) is 15.9 Å². The van der Waals surface area contributed by atoms with Crippen molar-refractivity contribution in [1.29, 1.82) is 0 Å². The highest BCUT2D eigenvalue weighted by Crippen LogP contribution is 2.41. The van der Waals surface area contributed by atoms with Gasteiger partial charge in [0.1, 0.15) is 5.82 Å². The van der Waals surface area contributed by atoms with Gasteiger partial charge in [-0.25, -0.2) is 4.98 Å². The van der Waals surface area contributed by atoms with Gasteiger partial charge >= 0.3 is 6.18 Å². The van der Waals surface area contributed by atoms with Crippen LogP contribution in [-0.4, -0.2) is 39.3 Å². The predicted molar refractivity (Wildman–Crippen MR) is 122 cm³/mol. The SMILES string of the molecule is CNC(=O)c1ccccc1Nc1cc(Nc2cc(OC)c(OC)c(OC)c2)ncc1C(F)(F)F. The van der Waals surface area contributed by atoms with Crippen LogP contribution in [0.2, 0.25) is 0 Å². The highest BCUT2D eigenvalue weighted by atomic mass is 19.4. The van der Waals surface area contributed by atoms with Crippen molar-refractivity contribution in [2.45, 2.75) is 6.18 Å². The number of carbonyl (C=O) groups is 1. The van der Waals surface area contributed by atoms with Crippen LogP contribution in [0.25, 0.3) is 0 Å². The van der Waals surface area contributed by atoms with Crippen LogP contribution in [0.15, 0.2) is 48.7 Å². The lowest BCUT2D eigenvalue weighted by Crippen LogP contribution is -2.19. The largest absolute Gasteiger partial charge is 0.493 e.